The lowest BCUT2D eigenvalue weighted by atomic mass is 10.1. The van der Waals surface area contributed by atoms with Gasteiger partial charge in [0.2, 0.25) is 5.91 Å². The van der Waals surface area contributed by atoms with Crippen LogP contribution in [0.3, 0.4) is 0 Å². The first-order chi connectivity index (χ1) is 13.4. The van der Waals surface area contributed by atoms with E-state index in [2.05, 4.69) is 24.3 Å². The molecule has 28 heavy (non-hydrogen) atoms. The molecule has 4 rings (SSSR count). The molecule has 1 aliphatic heterocycles. The number of hydrogen-bond acceptors (Lipinski definition) is 4. The zero-order valence-corrected chi connectivity index (χ0v) is 17.2. The van der Waals surface area contributed by atoms with Crippen molar-refractivity contribution in [3.63, 3.8) is 0 Å². The van der Waals surface area contributed by atoms with Gasteiger partial charge in [0, 0.05) is 24.8 Å². The van der Waals surface area contributed by atoms with Gasteiger partial charge < -0.3 is 9.80 Å². The molecule has 150 valence electrons. The lowest BCUT2D eigenvalue weighted by molar-refractivity contribution is -0.134. The molecule has 1 unspecified atom stereocenters. The second-order valence-corrected chi connectivity index (χ2v) is 10.4. The Morgan fingerprint density at radius 3 is 2.39 bits per heavy atom. The fourth-order valence-electron chi connectivity index (χ4n) is 4.67. The molecule has 2 aromatic rings. The Kier molecular flexibility index (Phi) is 5.32. The average molecular weight is 401 g/mol. The van der Waals surface area contributed by atoms with E-state index in [4.69, 9.17) is 0 Å². The van der Waals surface area contributed by atoms with Crippen LogP contribution in [-0.4, -0.2) is 56.4 Å². The second kappa shape index (κ2) is 7.74. The van der Waals surface area contributed by atoms with E-state index in [-0.39, 0.29) is 36.0 Å². The maximum Gasteiger partial charge on any atom is 0.242 e. The molecular formula is C22H28N2O3S. The molecule has 1 heterocycles. The van der Waals surface area contributed by atoms with Gasteiger partial charge in [0.05, 0.1) is 18.1 Å². The van der Waals surface area contributed by atoms with Gasteiger partial charge in [-0.25, -0.2) is 8.42 Å². The van der Waals surface area contributed by atoms with E-state index in [9.17, 15) is 13.2 Å². The highest BCUT2D eigenvalue weighted by atomic mass is 32.2. The molecule has 5 nitrogen and oxygen atoms in total. The molecule has 2 fully saturated rings. The van der Waals surface area contributed by atoms with E-state index in [1.54, 1.807) is 0 Å². The number of benzene rings is 2. The van der Waals surface area contributed by atoms with Gasteiger partial charge >= 0.3 is 0 Å². The van der Waals surface area contributed by atoms with Crippen molar-refractivity contribution in [1.82, 2.24) is 4.90 Å². The summed E-state index contributed by atoms with van der Waals surface area (Å²) in [7, 11) is -1.09. The smallest absolute Gasteiger partial charge is 0.242 e. The van der Waals surface area contributed by atoms with Gasteiger partial charge in [0.15, 0.2) is 9.84 Å². The molecule has 1 aliphatic carbocycles. The number of hydrogen-bond donors (Lipinski definition) is 0. The van der Waals surface area contributed by atoms with E-state index in [0.717, 1.165) is 36.8 Å². The van der Waals surface area contributed by atoms with Crippen LogP contribution in [0.5, 0.6) is 0 Å². The van der Waals surface area contributed by atoms with E-state index in [0.29, 0.717) is 6.42 Å². The summed E-state index contributed by atoms with van der Waals surface area (Å²) >= 11 is 0. The van der Waals surface area contributed by atoms with Gasteiger partial charge in [0.25, 0.3) is 0 Å². The molecule has 1 saturated heterocycles. The van der Waals surface area contributed by atoms with Crippen LogP contribution in [0.15, 0.2) is 42.5 Å². The standard InChI is InChI=1S/C22H28N2O3S/c1-23(20-11-10-17-6-2-3-7-18(17)14-20)15-22(25)24(19-8-4-5-9-19)21-12-13-28(26,27)16-21/h2-3,6-7,10-11,14,19,21H,4-5,8-9,12-13,15-16H2,1H3. The molecule has 6 heteroatoms. The highest BCUT2D eigenvalue weighted by Crippen LogP contribution is 2.30. The maximum absolute atomic E-state index is 13.3. The second-order valence-electron chi connectivity index (χ2n) is 8.18. The van der Waals surface area contributed by atoms with Crippen molar-refractivity contribution < 1.29 is 13.2 Å². The van der Waals surface area contributed by atoms with Crippen molar-refractivity contribution >= 4 is 32.2 Å². The zero-order chi connectivity index (χ0) is 19.7. The number of sulfone groups is 1. The lowest BCUT2D eigenvalue weighted by Crippen LogP contribution is -2.50. The van der Waals surface area contributed by atoms with Gasteiger partial charge in [-0.2, -0.15) is 0 Å². The van der Waals surface area contributed by atoms with Crippen LogP contribution in [0.4, 0.5) is 5.69 Å². The third-order valence-electron chi connectivity index (χ3n) is 6.15. The number of anilines is 1. The molecule has 0 N–H and O–H groups in total. The summed E-state index contributed by atoms with van der Waals surface area (Å²) < 4.78 is 24.0. The minimum Gasteiger partial charge on any atom is -0.365 e. The van der Waals surface area contributed by atoms with Gasteiger partial charge in [-0.1, -0.05) is 43.2 Å². The molecule has 0 bridgehead atoms. The molecule has 1 atom stereocenters. The number of amides is 1. The lowest BCUT2D eigenvalue weighted by Gasteiger charge is -2.35. The maximum atomic E-state index is 13.3. The van der Waals surface area contributed by atoms with Crippen LogP contribution in [-0.2, 0) is 14.6 Å². The molecular weight excluding hydrogens is 372 g/mol. The highest BCUT2D eigenvalue weighted by Gasteiger charge is 2.39. The van der Waals surface area contributed by atoms with Crippen LogP contribution in [0.25, 0.3) is 10.8 Å². The predicted octanol–water partition coefficient (Wildman–Crippen LogP) is 3.23. The first-order valence-electron chi connectivity index (χ1n) is 10.1. The molecule has 0 aromatic heterocycles. The van der Waals surface area contributed by atoms with Crippen LogP contribution < -0.4 is 4.90 Å². The summed E-state index contributed by atoms with van der Waals surface area (Å²) in [5.41, 5.74) is 0.998. The van der Waals surface area contributed by atoms with Crippen molar-refractivity contribution in [3.05, 3.63) is 42.5 Å². The zero-order valence-electron chi connectivity index (χ0n) is 16.4. The Balaban J connectivity index is 1.52. The summed E-state index contributed by atoms with van der Waals surface area (Å²) in [6.07, 6.45) is 4.79. The SMILES string of the molecule is CN(CC(=O)N(C1CCCC1)C1CCS(=O)(=O)C1)c1ccc2ccccc2c1. The molecule has 1 saturated carbocycles. The molecule has 1 amide bonds. The van der Waals surface area contributed by atoms with Crippen molar-refractivity contribution in [3.8, 4) is 0 Å². The Morgan fingerprint density at radius 1 is 1.00 bits per heavy atom. The summed E-state index contributed by atoms with van der Waals surface area (Å²) in [5, 5.41) is 2.32. The Morgan fingerprint density at radius 2 is 1.71 bits per heavy atom. The molecule has 2 aliphatic rings. The first kappa shape index (κ1) is 19.2. The quantitative estimate of drug-likeness (QED) is 0.773. The third kappa shape index (κ3) is 4.02. The van der Waals surface area contributed by atoms with Crippen LogP contribution in [0, 0.1) is 0 Å². The highest BCUT2D eigenvalue weighted by molar-refractivity contribution is 7.91. The van der Waals surface area contributed by atoms with Gasteiger partial charge in [-0.15, -0.1) is 0 Å². The number of carbonyl (C=O) groups is 1. The number of rotatable bonds is 5. The molecule has 2 aromatic carbocycles. The van der Waals surface area contributed by atoms with E-state index >= 15 is 0 Å². The monoisotopic (exact) mass is 400 g/mol. The van der Waals surface area contributed by atoms with Crippen molar-refractivity contribution in [2.75, 3.05) is 30.0 Å². The topological polar surface area (TPSA) is 57.7 Å². The Labute approximate surface area is 167 Å². The third-order valence-corrected chi connectivity index (χ3v) is 7.90. The van der Waals surface area contributed by atoms with E-state index < -0.39 is 9.84 Å². The normalized spacial score (nSPS) is 21.8. The first-order valence-corrected chi connectivity index (χ1v) is 12.0. The van der Waals surface area contributed by atoms with Gasteiger partial charge in [-0.05, 0) is 42.2 Å². The van der Waals surface area contributed by atoms with Crippen molar-refractivity contribution in [2.24, 2.45) is 0 Å². The fraction of sp³-hybridized carbons (Fsp3) is 0.500. The van der Waals surface area contributed by atoms with E-state index in [1.165, 1.54) is 5.39 Å². The van der Waals surface area contributed by atoms with Crippen LogP contribution >= 0.6 is 0 Å². The number of nitrogens with zero attached hydrogens (tertiary/aromatic N) is 2. The minimum absolute atomic E-state index is 0.0460. The minimum atomic E-state index is -3.02. The summed E-state index contributed by atoms with van der Waals surface area (Å²) in [6, 6.07) is 14.4. The fourth-order valence-corrected chi connectivity index (χ4v) is 6.38. The van der Waals surface area contributed by atoms with Gasteiger partial charge in [-0.3, -0.25) is 4.79 Å². The average Bonchev–Trinajstić information content (AvgIpc) is 3.31. The molecule has 0 radical (unpaired) electrons. The predicted molar refractivity (Wildman–Crippen MR) is 113 cm³/mol. The summed E-state index contributed by atoms with van der Waals surface area (Å²) in [5.74, 6) is 0.369. The Hall–Kier alpha value is -2.08. The van der Waals surface area contributed by atoms with Gasteiger partial charge in [0.1, 0.15) is 0 Å². The summed E-state index contributed by atoms with van der Waals surface area (Å²) in [4.78, 5) is 17.2. The largest absolute Gasteiger partial charge is 0.365 e. The number of likely N-dealkylation sites (N-methyl/N-ethyl adjacent to an activating group) is 1. The van der Waals surface area contributed by atoms with E-state index in [1.807, 2.05) is 35.0 Å². The van der Waals surface area contributed by atoms with Crippen LogP contribution in [0.2, 0.25) is 0 Å². The van der Waals surface area contributed by atoms with Crippen molar-refractivity contribution in [1.29, 1.82) is 0 Å². The number of fused-ring (bicyclic) bond motifs is 1. The summed E-state index contributed by atoms with van der Waals surface area (Å²) in [6.45, 7) is 0.269. The Bertz CT molecular complexity index is 967. The molecule has 0 spiro atoms. The van der Waals surface area contributed by atoms with Crippen molar-refractivity contribution in [2.45, 2.75) is 44.2 Å². The number of carbonyl (C=O) groups excluding carboxylic acids is 1. The van der Waals surface area contributed by atoms with Crippen LogP contribution in [0.1, 0.15) is 32.1 Å².